The van der Waals surface area contributed by atoms with Gasteiger partial charge in [0.1, 0.15) is 11.5 Å². The number of rotatable bonds is 5. The van der Waals surface area contributed by atoms with Crippen LogP contribution in [0.25, 0.3) is 11.5 Å². The first kappa shape index (κ1) is 20.7. The van der Waals surface area contributed by atoms with Gasteiger partial charge in [-0.1, -0.05) is 35.3 Å². The molecule has 9 heteroatoms. The van der Waals surface area contributed by atoms with Crippen molar-refractivity contribution in [1.82, 2.24) is 10.2 Å². The molecule has 0 fully saturated rings. The second kappa shape index (κ2) is 8.64. The number of ether oxygens (including phenoxy) is 1. The van der Waals surface area contributed by atoms with E-state index in [0.29, 0.717) is 5.56 Å². The molecule has 1 N–H and O–H groups in total. The molecule has 0 atom stereocenters. The highest BCUT2D eigenvalue weighted by molar-refractivity contribution is 6.32. The van der Waals surface area contributed by atoms with E-state index in [-0.39, 0.29) is 56.6 Å². The molecule has 4 aromatic rings. The molecule has 1 heterocycles. The minimum absolute atomic E-state index is 0.00975. The van der Waals surface area contributed by atoms with Crippen LogP contribution in [0.4, 0.5) is 4.39 Å². The maximum atomic E-state index is 15.1. The summed E-state index contributed by atoms with van der Waals surface area (Å²) in [6.07, 6.45) is -0.00975. The van der Waals surface area contributed by atoms with Gasteiger partial charge in [-0.25, -0.2) is 4.39 Å². The van der Waals surface area contributed by atoms with Crippen LogP contribution in [0.5, 0.6) is 17.2 Å². The maximum Gasteiger partial charge on any atom is 0.247 e. The maximum absolute atomic E-state index is 15.1. The Labute approximate surface area is 186 Å². The molecule has 0 aliphatic heterocycles. The molecule has 0 unspecified atom stereocenters. The Hall–Kier alpha value is -3.60. The fourth-order valence-electron chi connectivity index (χ4n) is 2.85. The average Bonchev–Trinajstić information content (AvgIpc) is 3.21. The van der Waals surface area contributed by atoms with Crippen molar-refractivity contribution in [2.24, 2.45) is 0 Å². The van der Waals surface area contributed by atoms with Crippen molar-refractivity contribution < 1.29 is 18.7 Å². The third kappa shape index (κ3) is 4.61. The largest absolute Gasteiger partial charge is 0.508 e. The highest BCUT2D eigenvalue weighted by Gasteiger charge is 2.18. The number of hydrogen-bond donors (Lipinski definition) is 1. The molecule has 4 rings (SSSR count). The first-order valence-electron chi connectivity index (χ1n) is 8.90. The second-order valence-corrected chi connectivity index (χ2v) is 7.31. The number of nitriles is 1. The topological polar surface area (TPSA) is 92.2 Å². The number of phenols is 1. The Morgan fingerprint density at radius 2 is 1.94 bits per heavy atom. The second-order valence-electron chi connectivity index (χ2n) is 6.47. The van der Waals surface area contributed by atoms with Crippen LogP contribution in [0.15, 0.2) is 59.0 Å². The lowest BCUT2D eigenvalue weighted by Crippen LogP contribution is -1.98. The smallest absolute Gasteiger partial charge is 0.247 e. The standard InChI is InChI=1S/C22H12Cl2FN3O3/c23-15-6-12(11-26)7-17(10-15)30-21-18(24)5-4-13(20(21)25)9-19-27-28-22(31-19)14-2-1-3-16(29)8-14/h1-8,10,29H,9H2. The summed E-state index contributed by atoms with van der Waals surface area (Å²) in [5.74, 6) is -0.324. The molecule has 0 saturated heterocycles. The Kier molecular flexibility index (Phi) is 5.76. The fourth-order valence-corrected chi connectivity index (χ4v) is 3.26. The van der Waals surface area contributed by atoms with Crippen LogP contribution in [0.1, 0.15) is 17.0 Å². The third-order valence-electron chi connectivity index (χ3n) is 4.25. The summed E-state index contributed by atoms with van der Waals surface area (Å²) in [4.78, 5) is 0. The van der Waals surface area contributed by atoms with Gasteiger partial charge in [0.25, 0.3) is 0 Å². The molecule has 1 aromatic heterocycles. The van der Waals surface area contributed by atoms with Gasteiger partial charge in [0, 0.05) is 16.1 Å². The number of aromatic hydroxyl groups is 1. The van der Waals surface area contributed by atoms with Crippen molar-refractivity contribution in [3.8, 4) is 34.8 Å². The van der Waals surface area contributed by atoms with Gasteiger partial charge in [-0.2, -0.15) is 5.26 Å². The predicted octanol–water partition coefficient (Wildman–Crippen LogP) is 6.14. The van der Waals surface area contributed by atoms with E-state index in [1.165, 1.54) is 42.5 Å². The van der Waals surface area contributed by atoms with Gasteiger partial charge >= 0.3 is 0 Å². The van der Waals surface area contributed by atoms with Gasteiger partial charge < -0.3 is 14.3 Å². The lowest BCUT2D eigenvalue weighted by atomic mass is 10.1. The Bertz CT molecular complexity index is 1320. The van der Waals surface area contributed by atoms with E-state index in [4.69, 9.17) is 37.6 Å². The predicted molar refractivity (Wildman–Crippen MR) is 112 cm³/mol. The van der Waals surface area contributed by atoms with Crippen LogP contribution in [-0.4, -0.2) is 15.3 Å². The van der Waals surface area contributed by atoms with Crippen LogP contribution < -0.4 is 4.74 Å². The van der Waals surface area contributed by atoms with Gasteiger partial charge in [-0.3, -0.25) is 0 Å². The summed E-state index contributed by atoms with van der Waals surface area (Å²) in [6, 6.07) is 15.6. The minimum atomic E-state index is -0.705. The zero-order valence-electron chi connectivity index (χ0n) is 15.6. The van der Waals surface area contributed by atoms with Crippen molar-refractivity contribution in [2.45, 2.75) is 6.42 Å². The molecule has 0 saturated carbocycles. The number of hydrogen-bond acceptors (Lipinski definition) is 6. The van der Waals surface area contributed by atoms with E-state index in [1.807, 2.05) is 6.07 Å². The Morgan fingerprint density at radius 1 is 1.10 bits per heavy atom. The molecule has 31 heavy (non-hydrogen) atoms. The summed E-state index contributed by atoms with van der Waals surface area (Å²) >= 11 is 12.1. The summed E-state index contributed by atoms with van der Waals surface area (Å²) in [5, 5.41) is 26.8. The van der Waals surface area contributed by atoms with Crippen molar-refractivity contribution >= 4 is 23.2 Å². The molecule has 6 nitrogen and oxygen atoms in total. The van der Waals surface area contributed by atoms with Crippen LogP contribution >= 0.6 is 23.2 Å². The molecule has 0 radical (unpaired) electrons. The van der Waals surface area contributed by atoms with Crippen molar-refractivity contribution in [1.29, 1.82) is 5.26 Å². The molecule has 3 aromatic carbocycles. The van der Waals surface area contributed by atoms with Crippen molar-refractivity contribution in [2.75, 3.05) is 0 Å². The quantitative estimate of drug-likeness (QED) is 0.388. The Morgan fingerprint density at radius 3 is 2.71 bits per heavy atom. The minimum Gasteiger partial charge on any atom is -0.508 e. The van der Waals surface area contributed by atoms with E-state index < -0.39 is 5.82 Å². The van der Waals surface area contributed by atoms with Crippen LogP contribution in [0, 0.1) is 17.1 Å². The summed E-state index contributed by atoms with van der Waals surface area (Å²) in [7, 11) is 0. The molecule has 0 spiro atoms. The molecule has 154 valence electrons. The van der Waals surface area contributed by atoms with Crippen molar-refractivity contribution in [3.05, 3.63) is 87.5 Å². The van der Waals surface area contributed by atoms with Gasteiger partial charge in [0.15, 0.2) is 11.6 Å². The number of nitrogens with zero attached hydrogens (tertiary/aromatic N) is 3. The van der Waals surface area contributed by atoms with Gasteiger partial charge in [0.05, 0.1) is 23.1 Å². The van der Waals surface area contributed by atoms with E-state index in [1.54, 1.807) is 12.1 Å². The third-order valence-corrected chi connectivity index (χ3v) is 4.77. The summed E-state index contributed by atoms with van der Waals surface area (Å²) in [6.45, 7) is 0. The number of halogens is 3. The molecule has 0 aliphatic carbocycles. The highest BCUT2D eigenvalue weighted by atomic mass is 35.5. The van der Waals surface area contributed by atoms with E-state index in [2.05, 4.69) is 10.2 Å². The van der Waals surface area contributed by atoms with E-state index in [9.17, 15) is 5.11 Å². The Balaban J connectivity index is 1.61. The lowest BCUT2D eigenvalue weighted by Gasteiger charge is -2.11. The van der Waals surface area contributed by atoms with E-state index >= 15 is 4.39 Å². The van der Waals surface area contributed by atoms with Crippen LogP contribution in [0.2, 0.25) is 10.0 Å². The fraction of sp³-hybridized carbons (Fsp3) is 0.0455. The monoisotopic (exact) mass is 455 g/mol. The average molecular weight is 456 g/mol. The normalized spacial score (nSPS) is 10.6. The SMILES string of the molecule is N#Cc1cc(Cl)cc(Oc2c(Cl)ccc(Cc3nnc(-c4cccc(O)c4)o3)c2F)c1. The van der Waals surface area contributed by atoms with Gasteiger partial charge in [-0.15, -0.1) is 10.2 Å². The lowest BCUT2D eigenvalue weighted by molar-refractivity contribution is 0.437. The molecule has 0 amide bonds. The van der Waals surface area contributed by atoms with Gasteiger partial charge in [-0.05, 0) is 42.5 Å². The summed E-state index contributed by atoms with van der Waals surface area (Å²) < 4.78 is 26.3. The molecule has 0 aliphatic rings. The summed E-state index contributed by atoms with van der Waals surface area (Å²) in [5.41, 5.74) is 1.02. The molecule has 0 bridgehead atoms. The number of benzene rings is 3. The highest BCUT2D eigenvalue weighted by Crippen LogP contribution is 2.36. The van der Waals surface area contributed by atoms with Crippen LogP contribution in [-0.2, 0) is 6.42 Å². The zero-order chi connectivity index (χ0) is 22.0. The number of aromatic nitrogens is 2. The van der Waals surface area contributed by atoms with E-state index in [0.717, 1.165) is 0 Å². The molecular formula is C22H12Cl2FN3O3. The van der Waals surface area contributed by atoms with Crippen molar-refractivity contribution in [3.63, 3.8) is 0 Å². The molecular weight excluding hydrogens is 444 g/mol. The first-order valence-corrected chi connectivity index (χ1v) is 9.66. The van der Waals surface area contributed by atoms with Crippen LogP contribution in [0.3, 0.4) is 0 Å². The zero-order valence-corrected chi connectivity index (χ0v) is 17.2. The number of phenolic OH excluding ortho intramolecular Hbond substituents is 1. The van der Waals surface area contributed by atoms with Gasteiger partial charge in [0.2, 0.25) is 11.8 Å². The first-order chi connectivity index (χ1) is 14.9.